The van der Waals surface area contributed by atoms with Crippen molar-refractivity contribution in [1.29, 1.82) is 0 Å². The van der Waals surface area contributed by atoms with Gasteiger partial charge in [-0.3, -0.25) is 4.79 Å². The van der Waals surface area contributed by atoms with Crippen molar-refractivity contribution >= 4 is 5.91 Å². The van der Waals surface area contributed by atoms with Crippen molar-refractivity contribution in [2.24, 2.45) is 0 Å². The van der Waals surface area contributed by atoms with Crippen LogP contribution in [0.4, 0.5) is 0 Å². The average molecular weight is 277 g/mol. The summed E-state index contributed by atoms with van der Waals surface area (Å²) in [4.78, 5) is 11.8. The molecule has 0 saturated carbocycles. The van der Waals surface area contributed by atoms with Gasteiger partial charge >= 0.3 is 0 Å². The third-order valence-corrected chi connectivity index (χ3v) is 3.66. The smallest absolute Gasteiger partial charge is 0.220 e. The average Bonchev–Trinajstić information content (AvgIpc) is 2.42. The summed E-state index contributed by atoms with van der Waals surface area (Å²) < 4.78 is 4.95. The van der Waals surface area contributed by atoms with Crippen LogP contribution in [0.2, 0.25) is 0 Å². The van der Waals surface area contributed by atoms with Gasteiger partial charge in [0.1, 0.15) is 0 Å². The molecule has 1 aromatic carbocycles. The van der Waals surface area contributed by atoms with Gasteiger partial charge in [-0.2, -0.15) is 0 Å². The highest BCUT2D eigenvalue weighted by Gasteiger charge is 2.21. The Balaban J connectivity index is 2.39. The quantitative estimate of drug-likeness (QED) is 0.741. The summed E-state index contributed by atoms with van der Waals surface area (Å²) in [5, 5.41) is 2.93. The highest BCUT2D eigenvalue weighted by molar-refractivity contribution is 5.75. The molecule has 0 bridgehead atoms. The molecule has 112 valence electrons. The number of aryl methyl sites for hydroxylation is 1. The predicted molar refractivity (Wildman–Crippen MR) is 82.9 cm³/mol. The van der Waals surface area contributed by atoms with Crippen LogP contribution in [-0.2, 0) is 14.9 Å². The van der Waals surface area contributed by atoms with Crippen molar-refractivity contribution < 1.29 is 9.53 Å². The zero-order valence-electron chi connectivity index (χ0n) is 13.2. The summed E-state index contributed by atoms with van der Waals surface area (Å²) in [7, 11) is 1.67. The minimum atomic E-state index is 0.0254. The van der Waals surface area contributed by atoms with Gasteiger partial charge < -0.3 is 10.1 Å². The monoisotopic (exact) mass is 277 g/mol. The lowest BCUT2D eigenvalue weighted by Gasteiger charge is -2.25. The van der Waals surface area contributed by atoms with Crippen molar-refractivity contribution in [3.8, 4) is 0 Å². The van der Waals surface area contributed by atoms with E-state index in [1.165, 1.54) is 11.1 Å². The van der Waals surface area contributed by atoms with Gasteiger partial charge in [0.25, 0.3) is 0 Å². The first kappa shape index (κ1) is 16.7. The maximum atomic E-state index is 11.8. The minimum Gasteiger partial charge on any atom is -0.385 e. The lowest BCUT2D eigenvalue weighted by atomic mass is 9.80. The molecule has 0 saturated heterocycles. The number of amides is 1. The van der Waals surface area contributed by atoms with Crippen LogP contribution in [-0.4, -0.2) is 26.2 Å². The zero-order valence-corrected chi connectivity index (χ0v) is 13.2. The number of hydrogen-bond acceptors (Lipinski definition) is 2. The molecule has 0 aromatic heterocycles. The molecule has 0 aliphatic rings. The Kier molecular flexibility index (Phi) is 6.73. The molecule has 0 radical (unpaired) electrons. The minimum absolute atomic E-state index is 0.0254. The molecule has 0 heterocycles. The largest absolute Gasteiger partial charge is 0.385 e. The molecule has 0 atom stereocenters. The first-order chi connectivity index (χ1) is 9.45. The second-order valence-corrected chi connectivity index (χ2v) is 5.95. The summed E-state index contributed by atoms with van der Waals surface area (Å²) in [5.74, 6) is 0.126. The van der Waals surface area contributed by atoms with Gasteiger partial charge in [-0.1, -0.05) is 43.7 Å². The van der Waals surface area contributed by atoms with E-state index in [-0.39, 0.29) is 11.3 Å². The molecule has 0 spiro atoms. The Labute approximate surface area is 122 Å². The van der Waals surface area contributed by atoms with Crippen molar-refractivity contribution in [3.05, 3.63) is 35.4 Å². The van der Waals surface area contributed by atoms with E-state index in [1.807, 2.05) is 0 Å². The highest BCUT2D eigenvalue weighted by Crippen LogP contribution is 2.28. The fourth-order valence-electron chi connectivity index (χ4n) is 2.11. The van der Waals surface area contributed by atoms with Gasteiger partial charge in [0.05, 0.1) is 0 Å². The normalized spacial score (nSPS) is 11.4. The Morgan fingerprint density at radius 3 is 2.50 bits per heavy atom. The number of rotatable bonds is 8. The lowest BCUT2D eigenvalue weighted by Crippen LogP contribution is -2.27. The molecule has 3 nitrogen and oxygen atoms in total. The van der Waals surface area contributed by atoms with Crippen LogP contribution in [0, 0.1) is 6.92 Å². The number of methoxy groups -OCH3 is 1. The van der Waals surface area contributed by atoms with E-state index >= 15 is 0 Å². The van der Waals surface area contributed by atoms with Gasteiger partial charge in [-0.05, 0) is 30.7 Å². The van der Waals surface area contributed by atoms with Crippen LogP contribution in [0.15, 0.2) is 24.3 Å². The maximum absolute atomic E-state index is 11.8. The molecule has 0 fully saturated rings. The standard InChI is InChI=1S/C17H27NO2/c1-14-6-8-15(9-7-14)17(2,3)11-10-16(19)18-12-5-13-20-4/h6-9H,5,10-13H2,1-4H3,(H,18,19). The first-order valence-corrected chi connectivity index (χ1v) is 7.28. The second kappa shape index (κ2) is 8.05. The molecule has 1 N–H and O–H groups in total. The van der Waals surface area contributed by atoms with E-state index in [2.05, 4.69) is 50.4 Å². The summed E-state index contributed by atoms with van der Waals surface area (Å²) in [6, 6.07) is 8.57. The Bertz CT molecular complexity index is 410. The number of benzene rings is 1. The summed E-state index contributed by atoms with van der Waals surface area (Å²) in [6.07, 6.45) is 2.28. The lowest BCUT2D eigenvalue weighted by molar-refractivity contribution is -0.121. The number of ether oxygens (including phenoxy) is 1. The third-order valence-electron chi connectivity index (χ3n) is 3.66. The second-order valence-electron chi connectivity index (χ2n) is 5.95. The molecule has 1 amide bonds. The van der Waals surface area contributed by atoms with Gasteiger partial charge in [0.2, 0.25) is 5.91 Å². The van der Waals surface area contributed by atoms with Crippen molar-refractivity contribution in [2.45, 2.75) is 45.4 Å². The SMILES string of the molecule is COCCCNC(=O)CCC(C)(C)c1ccc(C)cc1. The van der Waals surface area contributed by atoms with Gasteiger partial charge in [-0.25, -0.2) is 0 Å². The van der Waals surface area contributed by atoms with E-state index in [1.54, 1.807) is 7.11 Å². The maximum Gasteiger partial charge on any atom is 0.220 e. The van der Waals surface area contributed by atoms with Crippen molar-refractivity contribution in [1.82, 2.24) is 5.32 Å². The zero-order chi connectivity index (χ0) is 15.0. The number of nitrogens with one attached hydrogen (secondary N) is 1. The summed E-state index contributed by atoms with van der Waals surface area (Å²) in [6.45, 7) is 7.85. The van der Waals surface area contributed by atoms with Crippen LogP contribution in [0.25, 0.3) is 0 Å². The van der Waals surface area contributed by atoms with E-state index in [0.29, 0.717) is 19.6 Å². The summed E-state index contributed by atoms with van der Waals surface area (Å²) >= 11 is 0. The molecule has 3 heteroatoms. The van der Waals surface area contributed by atoms with E-state index in [0.717, 1.165) is 12.8 Å². The molecular weight excluding hydrogens is 250 g/mol. The van der Waals surface area contributed by atoms with Gasteiger partial charge in [0.15, 0.2) is 0 Å². The van der Waals surface area contributed by atoms with Crippen LogP contribution in [0.5, 0.6) is 0 Å². The van der Waals surface area contributed by atoms with Gasteiger partial charge in [0, 0.05) is 26.7 Å². The van der Waals surface area contributed by atoms with Crippen LogP contribution in [0.1, 0.15) is 44.2 Å². The molecule has 1 aromatic rings. The number of hydrogen-bond donors (Lipinski definition) is 1. The molecule has 20 heavy (non-hydrogen) atoms. The Morgan fingerprint density at radius 2 is 1.90 bits per heavy atom. The topological polar surface area (TPSA) is 38.3 Å². The van der Waals surface area contributed by atoms with Crippen molar-refractivity contribution in [3.63, 3.8) is 0 Å². The number of carbonyl (C=O) groups excluding carboxylic acids is 1. The van der Waals surface area contributed by atoms with E-state index < -0.39 is 0 Å². The van der Waals surface area contributed by atoms with Crippen LogP contribution < -0.4 is 5.32 Å². The molecule has 0 aliphatic carbocycles. The molecule has 1 rings (SSSR count). The van der Waals surface area contributed by atoms with Gasteiger partial charge in [-0.15, -0.1) is 0 Å². The highest BCUT2D eigenvalue weighted by atomic mass is 16.5. The first-order valence-electron chi connectivity index (χ1n) is 7.28. The number of carbonyl (C=O) groups is 1. The molecular formula is C17H27NO2. The molecule has 0 unspecified atom stereocenters. The molecule has 0 aliphatic heterocycles. The third kappa shape index (κ3) is 5.74. The van der Waals surface area contributed by atoms with Crippen LogP contribution in [0.3, 0.4) is 0 Å². The fourth-order valence-corrected chi connectivity index (χ4v) is 2.11. The Morgan fingerprint density at radius 1 is 1.25 bits per heavy atom. The van der Waals surface area contributed by atoms with Crippen LogP contribution >= 0.6 is 0 Å². The summed E-state index contributed by atoms with van der Waals surface area (Å²) in [5.41, 5.74) is 2.58. The van der Waals surface area contributed by atoms with Crippen molar-refractivity contribution in [2.75, 3.05) is 20.3 Å². The fraction of sp³-hybridized carbons (Fsp3) is 0.588. The Hall–Kier alpha value is -1.35. The van der Waals surface area contributed by atoms with E-state index in [4.69, 9.17) is 4.74 Å². The van der Waals surface area contributed by atoms with E-state index in [9.17, 15) is 4.79 Å². The predicted octanol–water partition coefficient (Wildman–Crippen LogP) is 3.21.